The zero-order valence-electron chi connectivity index (χ0n) is 16.1. The van der Waals surface area contributed by atoms with Gasteiger partial charge in [-0.1, -0.05) is 57.0 Å². The maximum absolute atomic E-state index is 10.7. The number of phenolic OH excluding ortho intramolecular Hbond substituents is 1. The molecule has 3 unspecified atom stereocenters. The van der Waals surface area contributed by atoms with Crippen molar-refractivity contribution in [2.75, 3.05) is 0 Å². The Bertz CT molecular complexity index is 751. The quantitative estimate of drug-likeness (QED) is 0.469. The van der Waals surface area contributed by atoms with Crippen LogP contribution in [0.4, 0.5) is 0 Å². The molecule has 0 amide bonds. The first-order chi connectivity index (χ1) is 13.0. The number of rotatable bonds is 3. The second-order valence-electron chi connectivity index (χ2n) is 7.30. The average Bonchev–Trinajstić information content (AvgIpc) is 2.66. The van der Waals surface area contributed by atoms with Gasteiger partial charge in [0.2, 0.25) is 0 Å². The monoisotopic (exact) mass is 481 g/mol. The Morgan fingerprint density at radius 3 is 2.44 bits per heavy atom. The van der Waals surface area contributed by atoms with Gasteiger partial charge >= 0.3 is 37.9 Å². The number of phenols is 1. The van der Waals surface area contributed by atoms with Crippen LogP contribution in [0.5, 0.6) is 5.75 Å². The summed E-state index contributed by atoms with van der Waals surface area (Å²) in [5.74, 6) is 1.66. The van der Waals surface area contributed by atoms with Crippen LogP contribution in [0.2, 0.25) is 0 Å². The number of nitrogens with zero attached hydrogens (tertiary/aromatic N) is 1. The molecule has 0 heterocycles. The molecule has 3 atom stereocenters. The van der Waals surface area contributed by atoms with E-state index in [0.717, 1.165) is 34.6 Å². The third-order valence-electron chi connectivity index (χ3n) is 5.44. The summed E-state index contributed by atoms with van der Waals surface area (Å²) in [5, 5.41) is 10.7. The summed E-state index contributed by atoms with van der Waals surface area (Å²) in [5.41, 5.74) is 3.87. The summed E-state index contributed by atoms with van der Waals surface area (Å²) in [4.78, 5) is 4.84. The Morgan fingerprint density at radius 1 is 1.11 bits per heavy atom. The second kappa shape index (κ2) is 11.4. The van der Waals surface area contributed by atoms with Gasteiger partial charge in [0.1, 0.15) is 5.75 Å². The van der Waals surface area contributed by atoms with Crippen LogP contribution in [0.1, 0.15) is 44.2 Å². The summed E-state index contributed by atoms with van der Waals surface area (Å²) in [6.07, 6.45) is 5.59. The van der Waals surface area contributed by atoms with Crippen molar-refractivity contribution in [2.24, 2.45) is 16.8 Å². The molecule has 0 radical (unpaired) electrons. The van der Waals surface area contributed by atoms with Crippen molar-refractivity contribution in [2.45, 2.75) is 46.1 Å². The average molecular weight is 484 g/mol. The van der Waals surface area contributed by atoms with Crippen LogP contribution < -0.4 is 0 Å². The summed E-state index contributed by atoms with van der Waals surface area (Å²) in [6.45, 7) is 6.69. The molecule has 1 aliphatic carbocycles. The van der Waals surface area contributed by atoms with Gasteiger partial charge in [0.25, 0.3) is 0 Å². The summed E-state index contributed by atoms with van der Waals surface area (Å²) in [7, 11) is 9.87. The molecule has 0 saturated heterocycles. The van der Waals surface area contributed by atoms with Gasteiger partial charge in [-0.15, -0.1) is 0 Å². The number of benzene rings is 2. The van der Waals surface area contributed by atoms with E-state index in [-0.39, 0.29) is 0 Å². The Kier molecular flexibility index (Phi) is 9.56. The van der Waals surface area contributed by atoms with Crippen molar-refractivity contribution in [1.29, 1.82) is 0 Å². The van der Waals surface area contributed by atoms with Crippen molar-refractivity contribution in [3.05, 3.63) is 53.6 Å². The van der Waals surface area contributed by atoms with E-state index < -0.39 is 20.8 Å². The van der Waals surface area contributed by atoms with E-state index in [2.05, 4.69) is 20.8 Å². The van der Waals surface area contributed by atoms with E-state index in [0.29, 0.717) is 17.7 Å². The Balaban J connectivity index is 0.000000817. The number of hydrogen-bond acceptors (Lipinski definition) is 2. The van der Waals surface area contributed by atoms with Crippen molar-refractivity contribution in [1.82, 2.24) is 0 Å². The third kappa shape index (κ3) is 6.45. The van der Waals surface area contributed by atoms with E-state index in [1.807, 2.05) is 48.7 Å². The number of hydrogen-bond donors (Lipinski definition) is 1. The molecule has 0 spiro atoms. The molecule has 1 fully saturated rings. The Morgan fingerprint density at radius 2 is 1.78 bits per heavy atom. The molecule has 0 aliphatic heterocycles. The van der Waals surface area contributed by atoms with Crippen LogP contribution in [0, 0.1) is 18.8 Å². The predicted molar refractivity (Wildman–Crippen MR) is 114 cm³/mol. The maximum atomic E-state index is 10.7. The minimum atomic E-state index is -0.826. The Labute approximate surface area is 181 Å². The number of aliphatic imine (C=N–C) groups is 1. The van der Waals surface area contributed by atoms with Crippen LogP contribution in [0.25, 0.3) is 11.1 Å². The fraction of sp³-hybridized carbons (Fsp3) is 0.409. The molecule has 27 heavy (non-hydrogen) atoms. The second-order valence-corrected chi connectivity index (χ2v) is 11.0. The molecular formula is C22H27Cl2NOZr. The topological polar surface area (TPSA) is 32.6 Å². The summed E-state index contributed by atoms with van der Waals surface area (Å²) >= 11 is -0.826. The van der Waals surface area contributed by atoms with E-state index in [1.54, 1.807) is 0 Å². The first-order valence-electron chi connectivity index (χ1n) is 9.36. The normalized spacial score (nSPS) is 22.2. The van der Waals surface area contributed by atoms with Gasteiger partial charge in [-0.05, 0) is 48.4 Å². The molecule has 5 heteroatoms. The molecule has 2 aromatic rings. The minimum absolute atomic E-state index is 0.326. The van der Waals surface area contributed by atoms with Crippen LogP contribution >= 0.6 is 17.0 Å². The summed E-state index contributed by atoms with van der Waals surface area (Å²) in [6, 6.07) is 14.5. The molecule has 144 valence electrons. The van der Waals surface area contributed by atoms with E-state index in [1.165, 1.54) is 12.8 Å². The fourth-order valence-electron chi connectivity index (χ4n) is 3.68. The molecule has 1 N–H and O–H groups in total. The summed E-state index contributed by atoms with van der Waals surface area (Å²) < 4.78 is 0. The fourth-order valence-corrected chi connectivity index (χ4v) is 3.68. The molecule has 0 bridgehead atoms. The predicted octanol–water partition coefficient (Wildman–Crippen LogP) is 6.99. The number of aryl methyl sites for hydroxylation is 1. The molecule has 1 saturated carbocycles. The Hall–Kier alpha value is -0.627. The zero-order chi connectivity index (χ0) is 19.8. The van der Waals surface area contributed by atoms with Crippen molar-refractivity contribution in [3.63, 3.8) is 0 Å². The number of aromatic hydroxyl groups is 1. The van der Waals surface area contributed by atoms with Gasteiger partial charge in [0, 0.05) is 17.3 Å². The first-order valence-corrected chi connectivity index (χ1v) is 15.7. The van der Waals surface area contributed by atoms with Crippen LogP contribution in [0.3, 0.4) is 0 Å². The van der Waals surface area contributed by atoms with Crippen LogP contribution in [-0.2, 0) is 20.8 Å². The van der Waals surface area contributed by atoms with E-state index >= 15 is 0 Å². The van der Waals surface area contributed by atoms with Crippen molar-refractivity contribution >= 4 is 23.2 Å². The van der Waals surface area contributed by atoms with Crippen molar-refractivity contribution < 1.29 is 26.0 Å². The van der Waals surface area contributed by atoms with Gasteiger partial charge in [-0.3, -0.25) is 4.99 Å². The van der Waals surface area contributed by atoms with Crippen LogP contribution in [0.15, 0.2) is 47.5 Å². The van der Waals surface area contributed by atoms with Crippen LogP contribution in [-0.4, -0.2) is 17.4 Å². The number of halogens is 2. The van der Waals surface area contributed by atoms with Gasteiger partial charge < -0.3 is 5.11 Å². The molecule has 1 aliphatic rings. The van der Waals surface area contributed by atoms with Gasteiger partial charge in [-0.2, -0.15) is 0 Å². The SMILES string of the molecule is Cc1cc(C=NC2CCCC(C)C2C)c(O)c(-c2ccccc2)c1.[Cl][Zr][Cl]. The first kappa shape index (κ1) is 22.7. The van der Waals surface area contributed by atoms with Crippen molar-refractivity contribution in [3.8, 4) is 16.9 Å². The molecular weight excluding hydrogens is 456 g/mol. The molecule has 3 rings (SSSR count). The molecule has 0 aromatic heterocycles. The van der Waals surface area contributed by atoms with Gasteiger partial charge in [-0.25, -0.2) is 0 Å². The standard InChI is InChI=1S/C22H27NO.2ClH.Zr/c1-15-12-19(14-23-21-11-7-8-16(2)17(21)3)22(24)20(13-15)18-9-5-4-6-10-18;;;/h4-6,9-10,12-14,16-17,21,24H,7-8,11H2,1-3H3;2*1H;/q;;;+2/p-2. The molecule has 2 nitrogen and oxygen atoms in total. The van der Waals surface area contributed by atoms with E-state index in [9.17, 15) is 5.11 Å². The van der Waals surface area contributed by atoms with Gasteiger partial charge in [0.15, 0.2) is 0 Å². The molecule has 2 aromatic carbocycles. The van der Waals surface area contributed by atoms with E-state index in [4.69, 9.17) is 22.0 Å². The zero-order valence-corrected chi connectivity index (χ0v) is 20.1. The third-order valence-corrected chi connectivity index (χ3v) is 5.44. The van der Waals surface area contributed by atoms with Gasteiger partial charge in [0.05, 0.1) is 6.04 Å².